The summed E-state index contributed by atoms with van der Waals surface area (Å²) in [6, 6.07) is 19.1. The molecule has 3 aromatic carbocycles. The Labute approximate surface area is 189 Å². The average Bonchev–Trinajstić information content (AvgIpc) is 2.76. The lowest BCUT2D eigenvalue weighted by Gasteiger charge is -2.09. The summed E-state index contributed by atoms with van der Waals surface area (Å²) in [5.41, 5.74) is 4.76. The summed E-state index contributed by atoms with van der Waals surface area (Å²) in [4.78, 5) is 24.9. The second-order valence-electron chi connectivity index (χ2n) is 6.54. The van der Waals surface area contributed by atoms with E-state index in [1.165, 1.54) is 6.21 Å². The molecule has 3 aromatic rings. The van der Waals surface area contributed by atoms with Crippen LogP contribution in [0, 0.1) is 6.92 Å². The van der Waals surface area contributed by atoms with Gasteiger partial charge in [0.05, 0.1) is 18.4 Å². The highest BCUT2D eigenvalue weighted by molar-refractivity contribution is 9.10. The predicted molar refractivity (Wildman–Crippen MR) is 123 cm³/mol. The zero-order valence-electron chi connectivity index (χ0n) is 17.1. The number of carbonyl (C=O) groups excluding carboxylic acids is 2. The zero-order chi connectivity index (χ0) is 22.2. The molecule has 1 amide bonds. The maximum Gasteiger partial charge on any atom is 0.343 e. The Hall–Kier alpha value is -3.45. The average molecular weight is 481 g/mol. The van der Waals surface area contributed by atoms with E-state index in [0.29, 0.717) is 34.8 Å². The Balaban J connectivity index is 1.71. The number of hydrazone groups is 1. The molecule has 0 saturated heterocycles. The van der Waals surface area contributed by atoms with Gasteiger partial charge in [0.15, 0.2) is 0 Å². The second-order valence-corrected chi connectivity index (χ2v) is 7.46. The Morgan fingerprint density at radius 2 is 1.81 bits per heavy atom. The van der Waals surface area contributed by atoms with Crippen molar-refractivity contribution < 1.29 is 19.1 Å². The lowest BCUT2D eigenvalue weighted by molar-refractivity contribution is 0.0733. The number of rotatable bonds is 7. The molecule has 158 valence electrons. The van der Waals surface area contributed by atoms with Crippen LogP contribution in [0.25, 0.3) is 0 Å². The van der Waals surface area contributed by atoms with Crippen LogP contribution in [0.4, 0.5) is 0 Å². The molecule has 1 N–H and O–H groups in total. The van der Waals surface area contributed by atoms with Crippen LogP contribution < -0.4 is 14.9 Å². The summed E-state index contributed by atoms with van der Waals surface area (Å²) in [5.74, 6) is 0.188. The van der Waals surface area contributed by atoms with Crippen molar-refractivity contribution in [3.05, 3.63) is 93.5 Å². The number of hydrogen-bond acceptors (Lipinski definition) is 5. The van der Waals surface area contributed by atoms with Gasteiger partial charge in [-0.05, 0) is 67.9 Å². The Morgan fingerprint density at radius 1 is 1.06 bits per heavy atom. The molecule has 7 heteroatoms. The molecule has 0 aliphatic rings. The van der Waals surface area contributed by atoms with Crippen molar-refractivity contribution in [1.82, 2.24) is 5.43 Å². The van der Waals surface area contributed by atoms with E-state index in [0.717, 1.165) is 10.0 Å². The summed E-state index contributed by atoms with van der Waals surface area (Å²) >= 11 is 3.39. The molecule has 0 heterocycles. The van der Waals surface area contributed by atoms with Crippen LogP contribution in [0.5, 0.6) is 11.5 Å². The van der Waals surface area contributed by atoms with E-state index in [1.807, 2.05) is 26.0 Å². The number of aryl methyl sites for hydroxylation is 1. The molecular formula is C24H21BrN2O4. The second kappa shape index (κ2) is 10.5. The molecule has 0 radical (unpaired) electrons. The summed E-state index contributed by atoms with van der Waals surface area (Å²) in [5, 5.41) is 4.01. The van der Waals surface area contributed by atoms with Crippen molar-refractivity contribution in [1.29, 1.82) is 0 Å². The first kappa shape index (κ1) is 22.2. The third-order valence-electron chi connectivity index (χ3n) is 4.34. The van der Waals surface area contributed by atoms with Crippen molar-refractivity contribution in [3.63, 3.8) is 0 Å². The number of esters is 1. The van der Waals surface area contributed by atoms with Gasteiger partial charge in [-0.1, -0.05) is 34.1 Å². The van der Waals surface area contributed by atoms with E-state index in [2.05, 4.69) is 26.5 Å². The van der Waals surface area contributed by atoms with Crippen molar-refractivity contribution in [3.8, 4) is 11.5 Å². The molecular weight excluding hydrogens is 460 g/mol. The van der Waals surface area contributed by atoms with Gasteiger partial charge in [0.2, 0.25) is 0 Å². The first-order valence-corrected chi connectivity index (χ1v) is 10.4. The van der Waals surface area contributed by atoms with Gasteiger partial charge in [0, 0.05) is 15.6 Å². The number of hydrogen-bond donors (Lipinski definition) is 1. The Bertz CT molecular complexity index is 1110. The number of ether oxygens (including phenoxy) is 2. The van der Waals surface area contributed by atoms with Crippen LogP contribution >= 0.6 is 15.9 Å². The largest absolute Gasteiger partial charge is 0.494 e. The van der Waals surface area contributed by atoms with Crippen LogP contribution in [0.1, 0.15) is 38.8 Å². The topological polar surface area (TPSA) is 77.0 Å². The third kappa shape index (κ3) is 6.02. The molecule has 6 nitrogen and oxygen atoms in total. The van der Waals surface area contributed by atoms with Crippen LogP contribution in [0.2, 0.25) is 0 Å². The van der Waals surface area contributed by atoms with Crippen molar-refractivity contribution >= 4 is 34.0 Å². The summed E-state index contributed by atoms with van der Waals surface area (Å²) in [6.07, 6.45) is 1.43. The normalized spacial score (nSPS) is 10.7. The van der Waals surface area contributed by atoms with E-state index in [9.17, 15) is 9.59 Å². The van der Waals surface area contributed by atoms with Crippen LogP contribution in [-0.2, 0) is 0 Å². The molecule has 3 rings (SSSR count). The number of nitrogens with zero attached hydrogens (tertiary/aromatic N) is 1. The predicted octanol–water partition coefficient (Wildman–Crippen LogP) is 5.14. The third-order valence-corrected chi connectivity index (χ3v) is 4.83. The van der Waals surface area contributed by atoms with Crippen LogP contribution in [0.3, 0.4) is 0 Å². The van der Waals surface area contributed by atoms with E-state index in [1.54, 1.807) is 54.6 Å². The number of amides is 1. The minimum atomic E-state index is -0.464. The zero-order valence-corrected chi connectivity index (χ0v) is 18.7. The summed E-state index contributed by atoms with van der Waals surface area (Å²) in [7, 11) is 0. The highest BCUT2D eigenvalue weighted by Crippen LogP contribution is 2.23. The first-order chi connectivity index (χ1) is 15.0. The van der Waals surface area contributed by atoms with Gasteiger partial charge in [0.25, 0.3) is 5.91 Å². The molecule has 0 fully saturated rings. The van der Waals surface area contributed by atoms with Gasteiger partial charge in [-0.2, -0.15) is 5.10 Å². The van der Waals surface area contributed by atoms with E-state index >= 15 is 0 Å². The fourth-order valence-electron chi connectivity index (χ4n) is 2.76. The summed E-state index contributed by atoms with van der Waals surface area (Å²) in [6.45, 7) is 4.29. The number of carbonyl (C=O) groups is 2. The fraction of sp³-hybridized carbons (Fsp3) is 0.125. The minimum Gasteiger partial charge on any atom is -0.494 e. The smallest absolute Gasteiger partial charge is 0.343 e. The highest BCUT2D eigenvalue weighted by Gasteiger charge is 2.13. The number of nitrogens with one attached hydrogen (secondary N) is 1. The van der Waals surface area contributed by atoms with Gasteiger partial charge in [-0.15, -0.1) is 0 Å². The number of benzene rings is 3. The monoisotopic (exact) mass is 480 g/mol. The molecule has 0 atom stereocenters. The summed E-state index contributed by atoms with van der Waals surface area (Å²) < 4.78 is 11.7. The molecule has 31 heavy (non-hydrogen) atoms. The van der Waals surface area contributed by atoms with Crippen LogP contribution in [0.15, 0.2) is 76.3 Å². The van der Waals surface area contributed by atoms with Gasteiger partial charge >= 0.3 is 5.97 Å². The maximum absolute atomic E-state index is 12.6. The molecule has 0 aliphatic heterocycles. The lowest BCUT2D eigenvalue weighted by Crippen LogP contribution is -2.17. The van der Waals surface area contributed by atoms with Gasteiger partial charge in [0.1, 0.15) is 11.5 Å². The maximum atomic E-state index is 12.6. The number of halogens is 1. The van der Waals surface area contributed by atoms with Crippen LogP contribution in [-0.4, -0.2) is 24.7 Å². The van der Waals surface area contributed by atoms with E-state index in [4.69, 9.17) is 9.47 Å². The fourth-order valence-corrected chi connectivity index (χ4v) is 3.14. The lowest BCUT2D eigenvalue weighted by atomic mass is 10.1. The van der Waals surface area contributed by atoms with E-state index < -0.39 is 5.97 Å². The molecule has 0 bridgehead atoms. The SMILES string of the molecule is CCOc1ccc(C(=O)NN=Cc2cc(Br)ccc2OC(=O)c2ccccc2C)cc1. The Kier molecular flexibility index (Phi) is 7.56. The van der Waals surface area contributed by atoms with Crippen molar-refractivity contribution in [2.45, 2.75) is 13.8 Å². The molecule has 0 unspecified atom stereocenters. The molecule has 0 saturated carbocycles. The molecule has 0 aliphatic carbocycles. The van der Waals surface area contributed by atoms with Crippen molar-refractivity contribution in [2.75, 3.05) is 6.61 Å². The quantitative estimate of drug-likeness (QED) is 0.220. The highest BCUT2D eigenvalue weighted by atomic mass is 79.9. The van der Waals surface area contributed by atoms with Gasteiger partial charge in [-0.25, -0.2) is 10.2 Å². The molecule has 0 aromatic heterocycles. The standard InChI is InChI=1S/C24H21BrN2O4/c1-3-30-20-11-8-17(9-12-20)23(28)27-26-15-18-14-19(25)10-13-22(18)31-24(29)21-7-5-4-6-16(21)2/h4-15H,3H2,1-2H3,(H,27,28). The molecule has 0 spiro atoms. The van der Waals surface area contributed by atoms with E-state index in [-0.39, 0.29) is 5.91 Å². The first-order valence-electron chi connectivity index (χ1n) is 9.61. The van der Waals surface area contributed by atoms with Crippen molar-refractivity contribution in [2.24, 2.45) is 5.10 Å². The van der Waals surface area contributed by atoms with Gasteiger partial charge in [-0.3, -0.25) is 4.79 Å². The minimum absolute atomic E-state index is 0.329. The Morgan fingerprint density at radius 3 is 2.52 bits per heavy atom. The van der Waals surface area contributed by atoms with Gasteiger partial charge < -0.3 is 9.47 Å².